The molecule has 0 atom stereocenters. The largest absolute Gasteiger partial charge is 0.455 e. The summed E-state index contributed by atoms with van der Waals surface area (Å²) in [4.78, 5) is 14.7. The highest BCUT2D eigenvalue weighted by Crippen LogP contribution is 2.15. The third kappa shape index (κ3) is 4.67. The zero-order valence-corrected chi connectivity index (χ0v) is 15.8. The molecule has 1 aliphatic heterocycles. The van der Waals surface area contributed by atoms with Crippen LogP contribution in [0.25, 0.3) is 0 Å². The highest BCUT2D eigenvalue weighted by Gasteiger charge is 2.17. The first-order chi connectivity index (χ1) is 12.2. The van der Waals surface area contributed by atoms with Gasteiger partial charge in [0.15, 0.2) is 5.76 Å². The topological polar surface area (TPSA) is 63.3 Å². The molecule has 1 aliphatic rings. The molecule has 6 nitrogen and oxygen atoms in total. The lowest BCUT2D eigenvalue weighted by Crippen LogP contribution is -2.24. The van der Waals surface area contributed by atoms with Gasteiger partial charge >= 0.3 is 0 Å². The van der Waals surface area contributed by atoms with E-state index in [1.54, 1.807) is 17.8 Å². The van der Waals surface area contributed by atoms with E-state index in [0.29, 0.717) is 12.3 Å². The highest BCUT2D eigenvalue weighted by atomic mass is 32.2. The molecule has 25 heavy (non-hydrogen) atoms. The normalized spacial score (nSPS) is 15.0. The average Bonchev–Trinajstić information content (AvgIpc) is 3.17. The van der Waals surface area contributed by atoms with Crippen molar-refractivity contribution in [2.24, 2.45) is 0 Å². The van der Waals surface area contributed by atoms with E-state index in [0.717, 1.165) is 49.8 Å². The Bertz CT molecular complexity index is 710. The van der Waals surface area contributed by atoms with Crippen LogP contribution in [0.4, 0.5) is 0 Å². The van der Waals surface area contributed by atoms with E-state index in [9.17, 15) is 4.79 Å². The van der Waals surface area contributed by atoms with Crippen LogP contribution in [0.2, 0.25) is 0 Å². The molecule has 0 bridgehead atoms. The number of nitrogens with zero attached hydrogens (tertiary/aromatic N) is 3. The second-order valence-corrected chi connectivity index (χ2v) is 7.23. The molecule has 0 saturated heterocycles. The Labute approximate surface area is 152 Å². The Morgan fingerprint density at radius 3 is 3.08 bits per heavy atom. The fraction of sp³-hybridized carbons (Fsp3) is 0.556. The number of aryl methyl sites for hydroxylation is 1. The summed E-state index contributed by atoms with van der Waals surface area (Å²) in [6.07, 6.45) is 4.29. The van der Waals surface area contributed by atoms with E-state index < -0.39 is 0 Å². The van der Waals surface area contributed by atoms with Gasteiger partial charge in [-0.3, -0.25) is 14.4 Å². The maximum Gasteiger partial charge on any atom is 0.287 e. The van der Waals surface area contributed by atoms with Crippen molar-refractivity contribution in [2.45, 2.75) is 45.2 Å². The van der Waals surface area contributed by atoms with Gasteiger partial charge in [-0.1, -0.05) is 6.92 Å². The molecule has 0 saturated carbocycles. The van der Waals surface area contributed by atoms with E-state index in [1.807, 2.05) is 12.3 Å². The molecule has 0 spiro atoms. The van der Waals surface area contributed by atoms with E-state index in [-0.39, 0.29) is 5.91 Å². The van der Waals surface area contributed by atoms with E-state index in [2.05, 4.69) is 33.0 Å². The zero-order chi connectivity index (χ0) is 17.6. The van der Waals surface area contributed by atoms with Crippen LogP contribution in [-0.4, -0.2) is 39.9 Å². The van der Waals surface area contributed by atoms with Gasteiger partial charge in [-0.15, -0.1) is 0 Å². The lowest BCUT2D eigenvalue weighted by molar-refractivity contribution is 0.0921. The van der Waals surface area contributed by atoms with Crippen molar-refractivity contribution < 1.29 is 9.21 Å². The molecule has 2 aromatic rings. The molecule has 1 N–H and O–H groups in total. The van der Waals surface area contributed by atoms with Gasteiger partial charge in [-0.2, -0.15) is 16.9 Å². The van der Waals surface area contributed by atoms with Crippen molar-refractivity contribution in [1.29, 1.82) is 0 Å². The second kappa shape index (κ2) is 8.58. The van der Waals surface area contributed by atoms with Crippen molar-refractivity contribution in [2.75, 3.05) is 19.3 Å². The molecule has 3 rings (SSSR count). The Morgan fingerprint density at radius 1 is 1.40 bits per heavy atom. The SMILES string of the molecule is CCCN1CCCn2nc(CNC(=O)c3ccc(CSC)o3)cc2C1. The number of hydrogen-bond donors (Lipinski definition) is 1. The number of thioether (sulfide) groups is 1. The van der Waals surface area contributed by atoms with Crippen molar-refractivity contribution in [3.63, 3.8) is 0 Å². The van der Waals surface area contributed by atoms with Gasteiger partial charge in [0.25, 0.3) is 5.91 Å². The fourth-order valence-electron chi connectivity index (χ4n) is 3.16. The Kier molecular flexibility index (Phi) is 6.20. The van der Waals surface area contributed by atoms with Gasteiger partial charge in [0.05, 0.1) is 23.7 Å². The number of aromatic nitrogens is 2. The molecule has 2 aromatic heterocycles. The predicted molar refractivity (Wildman–Crippen MR) is 99.5 cm³/mol. The van der Waals surface area contributed by atoms with Crippen LogP contribution in [-0.2, 0) is 25.4 Å². The predicted octanol–water partition coefficient (Wildman–Crippen LogP) is 2.88. The lowest BCUT2D eigenvalue weighted by atomic mass is 10.3. The van der Waals surface area contributed by atoms with Crippen LogP contribution in [0.1, 0.15) is 47.5 Å². The summed E-state index contributed by atoms with van der Waals surface area (Å²) in [5.41, 5.74) is 2.13. The minimum atomic E-state index is -0.192. The number of carbonyl (C=O) groups is 1. The number of rotatable bonds is 7. The number of carbonyl (C=O) groups excluding carboxylic acids is 1. The van der Waals surface area contributed by atoms with Crippen molar-refractivity contribution >= 4 is 17.7 Å². The van der Waals surface area contributed by atoms with Crippen molar-refractivity contribution in [3.8, 4) is 0 Å². The summed E-state index contributed by atoms with van der Waals surface area (Å²) in [6, 6.07) is 5.69. The standard InChI is InChI=1S/C18H26N4O2S/c1-3-7-21-8-4-9-22-15(12-21)10-14(20-22)11-19-18(23)17-6-5-16(24-17)13-25-2/h5-6,10H,3-4,7-9,11-13H2,1-2H3,(H,19,23). The van der Waals surface area contributed by atoms with Crippen molar-refractivity contribution in [1.82, 2.24) is 20.0 Å². The summed E-state index contributed by atoms with van der Waals surface area (Å²) < 4.78 is 7.63. The minimum absolute atomic E-state index is 0.192. The second-order valence-electron chi connectivity index (χ2n) is 6.36. The monoisotopic (exact) mass is 362 g/mol. The molecule has 0 unspecified atom stereocenters. The third-order valence-electron chi connectivity index (χ3n) is 4.29. The first-order valence-corrected chi connectivity index (χ1v) is 10.2. The Hall–Kier alpha value is -1.73. The first kappa shape index (κ1) is 18.1. The van der Waals surface area contributed by atoms with Gasteiger partial charge < -0.3 is 9.73 Å². The number of hydrogen-bond acceptors (Lipinski definition) is 5. The lowest BCUT2D eigenvalue weighted by Gasteiger charge is -2.17. The molecule has 0 aromatic carbocycles. The summed E-state index contributed by atoms with van der Waals surface area (Å²) in [7, 11) is 0. The van der Waals surface area contributed by atoms with Gasteiger partial charge in [-0.05, 0) is 43.8 Å². The molecule has 136 valence electrons. The van der Waals surface area contributed by atoms with Gasteiger partial charge in [-0.25, -0.2) is 0 Å². The fourth-order valence-corrected chi connectivity index (χ4v) is 3.60. The minimum Gasteiger partial charge on any atom is -0.455 e. The summed E-state index contributed by atoms with van der Waals surface area (Å²) in [5, 5.41) is 7.55. The van der Waals surface area contributed by atoms with Gasteiger partial charge in [0.2, 0.25) is 0 Å². The summed E-state index contributed by atoms with van der Waals surface area (Å²) in [6.45, 7) is 6.76. The van der Waals surface area contributed by atoms with Gasteiger partial charge in [0, 0.05) is 19.6 Å². The van der Waals surface area contributed by atoms with Crippen LogP contribution in [0.5, 0.6) is 0 Å². The molecule has 0 fully saturated rings. The zero-order valence-electron chi connectivity index (χ0n) is 15.0. The van der Waals surface area contributed by atoms with Gasteiger partial charge in [0.1, 0.15) is 5.76 Å². The molecular weight excluding hydrogens is 336 g/mol. The van der Waals surface area contributed by atoms with Crippen LogP contribution in [0.15, 0.2) is 22.6 Å². The smallest absolute Gasteiger partial charge is 0.287 e. The number of amides is 1. The first-order valence-electron chi connectivity index (χ1n) is 8.83. The number of furan rings is 1. The van der Waals surface area contributed by atoms with Crippen LogP contribution >= 0.6 is 11.8 Å². The summed E-state index contributed by atoms with van der Waals surface area (Å²) in [5.74, 6) is 1.76. The molecule has 7 heteroatoms. The Morgan fingerprint density at radius 2 is 2.28 bits per heavy atom. The molecule has 0 radical (unpaired) electrons. The third-order valence-corrected chi connectivity index (χ3v) is 4.86. The highest BCUT2D eigenvalue weighted by molar-refractivity contribution is 7.97. The van der Waals surface area contributed by atoms with E-state index >= 15 is 0 Å². The molecular formula is C18H26N4O2S. The quantitative estimate of drug-likeness (QED) is 0.820. The summed E-state index contributed by atoms with van der Waals surface area (Å²) >= 11 is 1.67. The molecule has 1 amide bonds. The number of nitrogens with one attached hydrogen (secondary N) is 1. The number of fused-ring (bicyclic) bond motifs is 1. The average molecular weight is 362 g/mol. The molecule has 0 aliphatic carbocycles. The van der Waals surface area contributed by atoms with Crippen molar-refractivity contribution in [3.05, 3.63) is 41.1 Å². The van der Waals surface area contributed by atoms with E-state index in [4.69, 9.17) is 4.42 Å². The molecule has 3 heterocycles. The maximum absolute atomic E-state index is 12.2. The van der Waals surface area contributed by atoms with Crippen LogP contribution in [0, 0.1) is 0 Å². The maximum atomic E-state index is 12.2. The Balaban J connectivity index is 1.58. The van der Waals surface area contributed by atoms with Crippen LogP contribution in [0.3, 0.4) is 0 Å². The van der Waals surface area contributed by atoms with E-state index in [1.165, 1.54) is 12.1 Å². The van der Waals surface area contributed by atoms with Crippen LogP contribution < -0.4 is 5.32 Å².